The first-order valence-corrected chi connectivity index (χ1v) is 7.04. The Kier molecular flexibility index (Phi) is 5.02. The highest BCUT2D eigenvalue weighted by Crippen LogP contribution is 2.20. The molecule has 2 aliphatic rings. The SMILES string of the molecule is CN1CCc2cc(C(=O)N3CCNCC3)ccc2C1.Cl. The summed E-state index contributed by atoms with van der Waals surface area (Å²) in [5.41, 5.74) is 3.56. The molecular weight excluding hydrogens is 274 g/mol. The van der Waals surface area contributed by atoms with E-state index < -0.39 is 0 Å². The Balaban J connectivity index is 0.00000147. The second kappa shape index (κ2) is 6.57. The van der Waals surface area contributed by atoms with Crippen LogP contribution in [0.2, 0.25) is 0 Å². The van der Waals surface area contributed by atoms with E-state index in [2.05, 4.69) is 29.4 Å². The van der Waals surface area contributed by atoms with Gasteiger partial charge in [-0.25, -0.2) is 0 Å². The second-order valence-electron chi connectivity index (χ2n) is 5.51. The number of likely N-dealkylation sites (N-methyl/N-ethyl adjacent to an activating group) is 1. The Morgan fingerprint density at radius 2 is 1.90 bits per heavy atom. The summed E-state index contributed by atoms with van der Waals surface area (Å²) in [7, 11) is 2.14. The molecule has 20 heavy (non-hydrogen) atoms. The van der Waals surface area contributed by atoms with Crippen LogP contribution in [-0.2, 0) is 13.0 Å². The summed E-state index contributed by atoms with van der Waals surface area (Å²) >= 11 is 0. The van der Waals surface area contributed by atoms with Gasteiger partial charge in [0.2, 0.25) is 0 Å². The van der Waals surface area contributed by atoms with E-state index in [4.69, 9.17) is 0 Å². The maximum Gasteiger partial charge on any atom is 0.253 e. The van der Waals surface area contributed by atoms with E-state index >= 15 is 0 Å². The third-order valence-electron chi connectivity index (χ3n) is 4.06. The number of nitrogens with zero attached hydrogens (tertiary/aromatic N) is 2. The topological polar surface area (TPSA) is 35.6 Å². The maximum atomic E-state index is 12.4. The molecule has 2 aliphatic heterocycles. The van der Waals surface area contributed by atoms with E-state index in [-0.39, 0.29) is 18.3 Å². The van der Waals surface area contributed by atoms with Crippen LogP contribution >= 0.6 is 12.4 Å². The third-order valence-corrected chi connectivity index (χ3v) is 4.06. The molecule has 4 nitrogen and oxygen atoms in total. The Hall–Kier alpha value is -1.10. The molecule has 1 aromatic rings. The minimum Gasteiger partial charge on any atom is -0.336 e. The molecule has 0 atom stereocenters. The molecule has 1 saturated heterocycles. The summed E-state index contributed by atoms with van der Waals surface area (Å²) < 4.78 is 0. The Bertz CT molecular complexity index is 486. The highest BCUT2D eigenvalue weighted by molar-refractivity contribution is 5.94. The van der Waals surface area contributed by atoms with E-state index in [1.807, 2.05) is 11.0 Å². The molecule has 1 amide bonds. The van der Waals surface area contributed by atoms with Gasteiger partial charge in [0.05, 0.1) is 0 Å². The lowest BCUT2D eigenvalue weighted by molar-refractivity contribution is 0.0735. The minimum absolute atomic E-state index is 0. The van der Waals surface area contributed by atoms with Crippen molar-refractivity contribution in [3.8, 4) is 0 Å². The van der Waals surface area contributed by atoms with Crippen LogP contribution in [0.1, 0.15) is 21.5 Å². The van der Waals surface area contributed by atoms with Gasteiger partial charge in [-0.2, -0.15) is 0 Å². The number of fused-ring (bicyclic) bond motifs is 1. The van der Waals surface area contributed by atoms with Crippen LogP contribution in [0.15, 0.2) is 18.2 Å². The van der Waals surface area contributed by atoms with Gasteiger partial charge < -0.3 is 15.1 Å². The summed E-state index contributed by atoms with van der Waals surface area (Å²) in [5.74, 6) is 0.184. The first-order chi connectivity index (χ1) is 9.24. The monoisotopic (exact) mass is 295 g/mol. The number of carbonyl (C=O) groups excluding carboxylic acids is 1. The van der Waals surface area contributed by atoms with Crippen molar-refractivity contribution < 1.29 is 4.79 Å². The number of rotatable bonds is 1. The van der Waals surface area contributed by atoms with Gasteiger partial charge in [-0.1, -0.05) is 6.07 Å². The van der Waals surface area contributed by atoms with Gasteiger partial charge >= 0.3 is 0 Å². The summed E-state index contributed by atoms with van der Waals surface area (Å²) in [6.07, 6.45) is 1.05. The number of carbonyl (C=O) groups is 1. The van der Waals surface area contributed by atoms with E-state index in [1.54, 1.807) is 0 Å². The molecular formula is C15H22ClN3O. The molecule has 0 bridgehead atoms. The molecule has 1 N–H and O–H groups in total. The van der Waals surface area contributed by atoms with Gasteiger partial charge in [0, 0.05) is 44.8 Å². The predicted molar refractivity (Wildman–Crippen MR) is 82.5 cm³/mol. The number of piperazine rings is 1. The average Bonchev–Trinajstić information content (AvgIpc) is 2.47. The number of amides is 1. The fourth-order valence-corrected chi connectivity index (χ4v) is 2.88. The van der Waals surface area contributed by atoms with Gasteiger partial charge in [-0.05, 0) is 36.7 Å². The van der Waals surface area contributed by atoms with Crippen LogP contribution in [-0.4, -0.2) is 55.5 Å². The van der Waals surface area contributed by atoms with Crippen molar-refractivity contribution in [1.82, 2.24) is 15.1 Å². The normalized spacial score (nSPS) is 19.1. The number of nitrogens with one attached hydrogen (secondary N) is 1. The highest BCUT2D eigenvalue weighted by atomic mass is 35.5. The van der Waals surface area contributed by atoms with E-state index in [1.165, 1.54) is 11.1 Å². The van der Waals surface area contributed by atoms with E-state index in [9.17, 15) is 4.79 Å². The predicted octanol–water partition coefficient (Wildman–Crippen LogP) is 1.14. The Morgan fingerprint density at radius 3 is 2.65 bits per heavy atom. The van der Waals surface area contributed by atoms with Crippen molar-refractivity contribution in [3.63, 3.8) is 0 Å². The average molecular weight is 296 g/mol. The molecule has 0 aliphatic carbocycles. The lowest BCUT2D eigenvalue weighted by Crippen LogP contribution is -2.46. The van der Waals surface area contributed by atoms with E-state index in [0.29, 0.717) is 0 Å². The summed E-state index contributed by atoms with van der Waals surface area (Å²) in [6, 6.07) is 6.22. The molecule has 1 aromatic carbocycles. The third kappa shape index (κ3) is 3.14. The van der Waals surface area contributed by atoms with Crippen LogP contribution in [0, 0.1) is 0 Å². The van der Waals surface area contributed by atoms with Gasteiger partial charge in [0.15, 0.2) is 0 Å². The highest BCUT2D eigenvalue weighted by Gasteiger charge is 2.20. The quantitative estimate of drug-likeness (QED) is 0.844. The molecule has 0 radical (unpaired) electrons. The van der Waals surface area contributed by atoms with Crippen molar-refractivity contribution in [2.75, 3.05) is 39.8 Å². The number of hydrogen-bond donors (Lipinski definition) is 1. The molecule has 0 aromatic heterocycles. The first-order valence-electron chi connectivity index (χ1n) is 7.04. The van der Waals surface area contributed by atoms with Crippen LogP contribution in [0.25, 0.3) is 0 Å². The van der Waals surface area contributed by atoms with Crippen LogP contribution in [0.3, 0.4) is 0 Å². The van der Waals surface area contributed by atoms with Crippen molar-refractivity contribution in [3.05, 3.63) is 34.9 Å². The van der Waals surface area contributed by atoms with Gasteiger partial charge in [0.25, 0.3) is 5.91 Å². The van der Waals surface area contributed by atoms with Gasteiger partial charge in [-0.15, -0.1) is 12.4 Å². The fraction of sp³-hybridized carbons (Fsp3) is 0.533. The standard InChI is InChI=1S/C15H21N3O.ClH/c1-17-7-4-12-10-13(2-3-14(12)11-17)15(19)18-8-5-16-6-9-18;/h2-3,10,16H,4-9,11H2,1H3;1H. The van der Waals surface area contributed by atoms with Crippen LogP contribution in [0.4, 0.5) is 0 Å². The molecule has 0 saturated carbocycles. The Labute approximate surface area is 126 Å². The van der Waals surface area contributed by atoms with Crippen molar-refractivity contribution in [1.29, 1.82) is 0 Å². The van der Waals surface area contributed by atoms with E-state index in [0.717, 1.165) is 51.3 Å². The summed E-state index contributed by atoms with van der Waals surface area (Å²) in [6.45, 7) is 5.52. The van der Waals surface area contributed by atoms with Gasteiger partial charge in [0.1, 0.15) is 0 Å². The smallest absolute Gasteiger partial charge is 0.253 e. The molecule has 2 heterocycles. The lowest BCUT2D eigenvalue weighted by atomic mass is 9.97. The zero-order chi connectivity index (χ0) is 13.2. The van der Waals surface area contributed by atoms with Crippen molar-refractivity contribution in [2.24, 2.45) is 0 Å². The zero-order valence-electron chi connectivity index (χ0n) is 11.9. The summed E-state index contributed by atoms with van der Waals surface area (Å²) in [5, 5.41) is 3.28. The maximum absolute atomic E-state index is 12.4. The van der Waals surface area contributed by atoms with Crippen LogP contribution in [0.5, 0.6) is 0 Å². The second-order valence-corrected chi connectivity index (χ2v) is 5.51. The number of halogens is 1. The molecule has 5 heteroatoms. The molecule has 1 fully saturated rings. The van der Waals surface area contributed by atoms with Crippen molar-refractivity contribution >= 4 is 18.3 Å². The molecule has 3 rings (SSSR count). The summed E-state index contributed by atoms with van der Waals surface area (Å²) in [4.78, 5) is 16.7. The van der Waals surface area contributed by atoms with Crippen LogP contribution < -0.4 is 5.32 Å². The lowest BCUT2D eigenvalue weighted by Gasteiger charge is -2.29. The molecule has 110 valence electrons. The molecule has 0 spiro atoms. The molecule has 0 unspecified atom stereocenters. The van der Waals surface area contributed by atoms with Crippen molar-refractivity contribution in [2.45, 2.75) is 13.0 Å². The number of hydrogen-bond acceptors (Lipinski definition) is 3. The largest absolute Gasteiger partial charge is 0.336 e. The Morgan fingerprint density at radius 1 is 1.15 bits per heavy atom. The fourth-order valence-electron chi connectivity index (χ4n) is 2.88. The first kappa shape index (κ1) is 15.3. The zero-order valence-corrected chi connectivity index (χ0v) is 12.7. The number of benzene rings is 1. The van der Waals surface area contributed by atoms with Gasteiger partial charge in [-0.3, -0.25) is 4.79 Å². The minimum atomic E-state index is 0.